The second-order valence-electron chi connectivity index (χ2n) is 3.13. The van der Waals surface area contributed by atoms with E-state index in [1.54, 1.807) is 0 Å². The third-order valence-electron chi connectivity index (χ3n) is 1.49. The zero-order chi connectivity index (χ0) is 7.61. The molecule has 56 valence electrons. The van der Waals surface area contributed by atoms with Crippen LogP contribution in [0.25, 0.3) is 0 Å². The second kappa shape index (κ2) is 2.45. The largest absolute Gasteiger partial charge is 0.377 e. The number of nitrogens with zero attached hydrogens (tertiary/aromatic N) is 1. The van der Waals surface area contributed by atoms with Crippen LogP contribution in [0, 0.1) is 0 Å². The first-order chi connectivity index (χ1) is 4.64. The highest BCUT2D eigenvalue weighted by Gasteiger charge is 2.16. The molecular formula is C8H14N2. The molecule has 1 aliphatic heterocycles. The molecular weight excluding hydrogens is 124 g/mol. The molecule has 0 spiro atoms. The van der Waals surface area contributed by atoms with Gasteiger partial charge in [-0.05, 0) is 20.3 Å². The topological polar surface area (TPSA) is 24.4 Å². The molecule has 1 heterocycles. The summed E-state index contributed by atoms with van der Waals surface area (Å²) in [7, 11) is 0. The van der Waals surface area contributed by atoms with Gasteiger partial charge < -0.3 is 5.32 Å². The predicted octanol–water partition coefficient (Wildman–Crippen LogP) is 1.69. The lowest BCUT2D eigenvalue weighted by atomic mass is 10.1. The van der Waals surface area contributed by atoms with E-state index in [1.807, 2.05) is 12.4 Å². The maximum atomic E-state index is 4.13. The average molecular weight is 138 g/mol. The number of nitrogens with one attached hydrogen (secondary N) is 1. The fourth-order valence-electron chi connectivity index (χ4n) is 0.972. The minimum atomic E-state index is 0.0418. The van der Waals surface area contributed by atoms with Gasteiger partial charge in [0, 0.05) is 18.1 Å². The zero-order valence-electron chi connectivity index (χ0n) is 6.81. The SMILES string of the molecule is CCC1=CN=CC(C)(C)N1. The van der Waals surface area contributed by atoms with Gasteiger partial charge in [0.1, 0.15) is 0 Å². The number of aliphatic imine (C=N–C) groups is 1. The van der Waals surface area contributed by atoms with Crippen LogP contribution < -0.4 is 5.32 Å². The van der Waals surface area contributed by atoms with Crippen LogP contribution in [0.2, 0.25) is 0 Å². The van der Waals surface area contributed by atoms with E-state index < -0.39 is 0 Å². The fourth-order valence-corrected chi connectivity index (χ4v) is 0.972. The normalized spacial score (nSPS) is 21.7. The Morgan fingerprint density at radius 2 is 2.30 bits per heavy atom. The molecule has 1 N–H and O–H groups in total. The maximum absolute atomic E-state index is 4.13. The van der Waals surface area contributed by atoms with E-state index in [-0.39, 0.29) is 5.54 Å². The molecule has 0 unspecified atom stereocenters. The Morgan fingerprint density at radius 3 is 2.70 bits per heavy atom. The van der Waals surface area contributed by atoms with E-state index in [1.165, 1.54) is 5.70 Å². The highest BCUT2D eigenvalue weighted by molar-refractivity contribution is 5.71. The van der Waals surface area contributed by atoms with Gasteiger partial charge in [-0.2, -0.15) is 0 Å². The lowest BCUT2D eigenvalue weighted by Gasteiger charge is -2.26. The molecule has 2 heteroatoms. The molecule has 1 rings (SSSR count). The van der Waals surface area contributed by atoms with Crippen molar-refractivity contribution in [1.82, 2.24) is 5.32 Å². The Kier molecular flexibility index (Phi) is 1.79. The minimum absolute atomic E-state index is 0.0418. The molecule has 0 amide bonds. The lowest BCUT2D eigenvalue weighted by molar-refractivity contribution is 0.556. The Bertz CT molecular complexity index is 178. The van der Waals surface area contributed by atoms with Crippen LogP contribution in [0.1, 0.15) is 27.2 Å². The molecule has 0 aromatic rings. The third kappa shape index (κ3) is 1.59. The van der Waals surface area contributed by atoms with Crippen molar-refractivity contribution in [3.05, 3.63) is 11.9 Å². The van der Waals surface area contributed by atoms with E-state index in [0.717, 1.165) is 6.42 Å². The van der Waals surface area contributed by atoms with Gasteiger partial charge in [0.15, 0.2) is 0 Å². The molecule has 2 nitrogen and oxygen atoms in total. The minimum Gasteiger partial charge on any atom is -0.377 e. The van der Waals surface area contributed by atoms with E-state index in [4.69, 9.17) is 0 Å². The fraction of sp³-hybridized carbons (Fsp3) is 0.625. The Hall–Kier alpha value is -0.790. The molecule has 0 saturated heterocycles. The van der Waals surface area contributed by atoms with Crippen LogP contribution in [0.3, 0.4) is 0 Å². The lowest BCUT2D eigenvalue weighted by Crippen LogP contribution is -2.41. The first kappa shape index (κ1) is 7.32. The van der Waals surface area contributed by atoms with Gasteiger partial charge in [0.25, 0.3) is 0 Å². The average Bonchev–Trinajstić information content (AvgIpc) is 1.86. The second-order valence-corrected chi connectivity index (χ2v) is 3.13. The zero-order valence-corrected chi connectivity index (χ0v) is 6.81. The van der Waals surface area contributed by atoms with Gasteiger partial charge in [-0.1, -0.05) is 6.92 Å². The summed E-state index contributed by atoms with van der Waals surface area (Å²) in [6, 6.07) is 0. The van der Waals surface area contributed by atoms with Gasteiger partial charge in [-0.25, -0.2) is 0 Å². The van der Waals surface area contributed by atoms with Crippen LogP contribution in [0.4, 0.5) is 0 Å². The van der Waals surface area contributed by atoms with Crippen molar-refractivity contribution in [3.8, 4) is 0 Å². The van der Waals surface area contributed by atoms with Crippen LogP contribution in [0.15, 0.2) is 16.9 Å². The summed E-state index contributed by atoms with van der Waals surface area (Å²) < 4.78 is 0. The summed E-state index contributed by atoms with van der Waals surface area (Å²) >= 11 is 0. The van der Waals surface area contributed by atoms with Gasteiger partial charge in [0.2, 0.25) is 0 Å². The molecule has 0 aliphatic carbocycles. The number of hydrogen-bond donors (Lipinski definition) is 1. The first-order valence-electron chi connectivity index (χ1n) is 3.65. The molecule has 0 aromatic carbocycles. The van der Waals surface area contributed by atoms with Crippen molar-refractivity contribution in [2.45, 2.75) is 32.7 Å². The van der Waals surface area contributed by atoms with Crippen molar-refractivity contribution in [1.29, 1.82) is 0 Å². The van der Waals surface area contributed by atoms with Crippen molar-refractivity contribution < 1.29 is 0 Å². The summed E-state index contributed by atoms with van der Waals surface area (Å²) in [4.78, 5) is 4.13. The molecule has 0 saturated carbocycles. The highest BCUT2D eigenvalue weighted by Crippen LogP contribution is 2.09. The van der Waals surface area contributed by atoms with Crippen LogP contribution in [0.5, 0.6) is 0 Å². The highest BCUT2D eigenvalue weighted by atomic mass is 15.0. The first-order valence-corrected chi connectivity index (χ1v) is 3.65. The Balaban J connectivity index is 2.68. The van der Waals surface area contributed by atoms with Crippen molar-refractivity contribution in [3.63, 3.8) is 0 Å². The predicted molar refractivity (Wildman–Crippen MR) is 44.1 cm³/mol. The maximum Gasteiger partial charge on any atom is 0.0668 e. The van der Waals surface area contributed by atoms with Gasteiger partial charge in [0.05, 0.1) is 5.54 Å². The van der Waals surface area contributed by atoms with Crippen LogP contribution in [-0.2, 0) is 0 Å². The van der Waals surface area contributed by atoms with Crippen molar-refractivity contribution in [2.75, 3.05) is 0 Å². The molecule has 10 heavy (non-hydrogen) atoms. The Labute approximate surface area is 62.0 Å². The summed E-state index contributed by atoms with van der Waals surface area (Å²) in [6.45, 7) is 6.34. The summed E-state index contributed by atoms with van der Waals surface area (Å²) in [5, 5.41) is 3.35. The number of hydrogen-bond acceptors (Lipinski definition) is 2. The van der Waals surface area contributed by atoms with Crippen molar-refractivity contribution >= 4 is 6.21 Å². The molecule has 1 aliphatic rings. The smallest absolute Gasteiger partial charge is 0.0668 e. The molecule has 0 fully saturated rings. The van der Waals surface area contributed by atoms with E-state index >= 15 is 0 Å². The van der Waals surface area contributed by atoms with E-state index in [2.05, 4.69) is 31.1 Å². The molecule has 0 aromatic heterocycles. The molecule has 0 atom stereocenters. The van der Waals surface area contributed by atoms with Gasteiger partial charge >= 0.3 is 0 Å². The third-order valence-corrected chi connectivity index (χ3v) is 1.49. The van der Waals surface area contributed by atoms with Crippen LogP contribution in [-0.4, -0.2) is 11.8 Å². The molecule has 0 bridgehead atoms. The summed E-state index contributed by atoms with van der Waals surface area (Å²) in [5.74, 6) is 0. The van der Waals surface area contributed by atoms with Crippen LogP contribution >= 0.6 is 0 Å². The number of rotatable bonds is 1. The Morgan fingerprint density at radius 1 is 1.60 bits per heavy atom. The molecule has 0 radical (unpaired) electrons. The van der Waals surface area contributed by atoms with Gasteiger partial charge in [-0.15, -0.1) is 0 Å². The van der Waals surface area contributed by atoms with Crippen molar-refractivity contribution in [2.24, 2.45) is 4.99 Å². The summed E-state index contributed by atoms with van der Waals surface area (Å²) in [6.07, 6.45) is 4.83. The monoisotopic (exact) mass is 138 g/mol. The quantitative estimate of drug-likeness (QED) is 0.586. The van der Waals surface area contributed by atoms with E-state index in [9.17, 15) is 0 Å². The number of allylic oxidation sites excluding steroid dienone is 1. The van der Waals surface area contributed by atoms with Gasteiger partial charge in [-0.3, -0.25) is 4.99 Å². The van der Waals surface area contributed by atoms with E-state index in [0.29, 0.717) is 0 Å². The standard InChI is InChI=1S/C8H14N2/c1-4-7-5-9-6-8(2,3)10-7/h5-6,10H,4H2,1-3H3. The summed E-state index contributed by atoms with van der Waals surface area (Å²) in [5.41, 5.74) is 1.26.